The predicted octanol–water partition coefficient (Wildman–Crippen LogP) is 1.97. The molecule has 0 bridgehead atoms. The first-order valence-corrected chi connectivity index (χ1v) is 4.90. The Bertz CT molecular complexity index is 320. The first kappa shape index (κ1) is 11.0. The largest absolute Gasteiger partial charge is 0.299 e. The lowest BCUT2D eigenvalue weighted by atomic mass is 9.88. The van der Waals surface area contributed by atoms with E-state index in [0.29, 0.717) is 12.2 Å². The summed E-state index contributed by atoms with van der Waals surface area (Å²) in [6.45, 7) is 5.87. The molecule has 0 atom stereocenters. The molecular formula is C11H18N2O. The molecule has 0 fully saturated rings. The minimum Gasteiger partial charge on any atom is -0.299 e. The van der Waals surface area contributed by atoms with Crippen LogP contribution in [0.1, 0.15) is 32.8 Å². The van der Waals surface area contributed by atoms with Crippen LogP contribution in [0, 0.1) is 5.41 Å². The number of aromatic nitrogens is 2. The molecule has 0 aromatic carbocycles. The molecule has 1 aromatic heterocycles. The Hall–Kier alpha value is -1.12. The standard InChI is InChI=1S/C11H18N2O/c1-11(2,3)10(14)6-5-9-7-12-13(4)8-9/h7-8H,5-6H2,1-4H3. The van der Waals surface area contributed by atoms with Crippen molar-refractivity contribution in [2.75, 3.05) is 0 Å². The predicted molar refractivity (Wildman–Crippen MR) is 56.0 cm³/mol. The molecule has 78 valence electrons. The summed E-state index contributed by atoms with van der Waals surface area (Å²) >= 11 is 0. The fraction of sp³-hybridized carbons (Fsp3) is 0.636. The molecule has 0 aliphatic heterocycles. The highest BCUT2D eigenvalue weighted by atomic mass is 16.1. The van der Waals surface area contributed by atoms with E-state index in [0.717, 1.165) is 12.0 Å². The van der Waals surface area contributed by atoms with Crippen molar-refractivity contribution >= 4 is 5.78 Å². The molecule has 1 rings (SSSR count). The molecule has 0 saturated heterocycles. The normalized spacial score (nSPS) is 11.7. The number of rotatable bonds is 3. The minimum absolute atomic E-state index is 0.220. The second-order valence-electron chi connectivity index (χ2n) is 4.70. The molecule has 0 aliphatic carbocycles. The van der Waals surface area contributed by atoms with Gasteiger partial charge in [-0.05, 0) is 12.0 Å². The van der Waals surface area contributed by atoms with Gasteiger partial charge in [0.25, 0.3) is 0 Å². The number of nitrogens with zero attached hydrogens (tertiary/aromatic N) is 2. The van der Waals surface area contributed by atoms with Crippen molar-refractivity contribution in [1.82, 2.24) is 9.78 Å². The molecule has 0 spiro atoms. The van der Waals surface area contributed by atoms with E-state index >= 15 is 0 Å². The summed E-state index contributed by atoms with van der Waals surface area (Å²) in [5.41, 5.74) is 0.910. The van der Waals surface area contributed by atoms with Crippen LogP contribution in [0.4, 0.5) is 0 Å². The van der Waals surface area contributed by atoms with Gasteiger partial charge in [0.15, 0.2) is 0 Å². The molecule has 0 aliphatic rings. The Balaban J connectivity index is 2.46. The fourth-order valence-corrected chi connectivity index (χ4v) is 1.23. The Labute approximate surface area is 85.1 Å². The van der Waals surface area contributed by atoms with Gasteiger partial charge >= 0.3 is 0 Å². The second-order valence-corrected chi connectivity index (χ2v) is 4.70. The number of carbonyl (C=O) groups excluding carboxylic acids is 1. The minimum atomic E-state index is -0.220. The summed E-state index contributed by atoms with van der Waals surface area (Å²) in [4.78, 5) is 11.6. The van der Waals surface area contributed by atoms with Crippen molar-refractivity contribution < 1.29 is 4.79 Å². The molecule has 0 N–H and O–H groups in total. The van der Waals surface area contributed by atoms with Crippen LogP contribution in [0.25, 0.3) is 0 Å². The smallest absolute Gasteiger partial charge is 0.138 e. The van der Waals surface area contributed by atoms with Gasteiger partial charge < -0.3 is 0 Å². The summed E-state index contributed by atoms with van der Waals surface area (Å²) in [5.74, 6) is 0.307. The highest BCUT2D eigenvalue weighted by Crippen LogP contribution is 2.17. The third-order valence-electron chi connectivity index (χ3n) is 2.24. The number of ketones is 1. The van der Waals surface area contributed by atoms with Crippen molar-refractivity contribution in [2.24, 2.45) is 12.5 Å². The maximum Gasteiger partial charge on any atom is 0.138 e. The van der Waals surface area contributed by atoms with E-state index in [2.05, 4.69) is 5.10 Å². The number of hydrogen-bond acceptors (Lipinski definition) is 2. The van der Waals surface area contributed by atoms with Gasteiger partial charge in [-0.2, -0.15) is 5.10 Å². The Morgan fingerprint density at radius 3 is 2.57 bits per heavy atom. The van der Waals surface area contributed by atoms with Crippen molar-refractivity contribution in [3.05, 3.63) is 18.0 Å². The van der Waals surface area contributed by atoms with E-state index in [1.54, 1.807) is 4.68 Å². The number of hydrogen-bond donors (Lipinski definition) is 0. The average molecular weight is 194 g/mol. The lowest BCUT2D eigenvalue weighted by Crippen LogP contribution is -2.20. The lowest BCUT2D eigenvalue weighted by molar-refractivity contribution is -0.126. The molecule has 0 unspecified atom stereocenters. The van der Waals surface area contributed by atoms with Gasteiger partial charge in [-0.15, -0.1) is 0 Å². The molecule has 0 radical (unpaired) electrons. The molecule has 1 aromatic rings. The zero-order valence-electron chi connectivity index (χ0n) is 9.37. The maximum atomic E-state index is 11.6. The molecule has 14 heavy (non-hydrogen) atoms. The topological polar surface area (TPSA) is 34.9 Å². The summed E-state index contributed by atoms with van der Waals surface area (Å²) in [7, 11) is 1.88. The first-order valence-electron chi connectivity index (χ1n) is 4.90. The van der Waals surface area contributed by atoms with Gasteiger partial charge in [-0.3, -0.25) is 9.48 Å². The van der Waals surface area contributed by atoms with E-state index in [-0.39, 0.29) is 5.41 Å². The van der Waals surface area contributed by atoms with Crippen molar-refractivity contribution in [3.63, 3.8) is 0 Å². The highest BCUT2D eigenvalue weighted by molar-refractivity contribution is 5.83. The van der Waals surface area contributed by atoms with Crippen LogP contribution in [0.15, 0.2) is 12.4 Å². The molecule has 3 heteroatoms. The Morgan fingerprint density at radius 2 is 2.14 bits per heavy atom. The van der Waals surface area contributed by atoms with Crippen molar-refractivity contribution in [2.45, 2.75) is 33.6 Å². The van der Waals surface area contributed by atoms with Crippen molar-refractivity contribution in [3.8, 4) is 0 Å². The van der Waals surface area contributed by atoms with Crippen LogP contribution >= 0.6 is 0 Å². The third kappa shape index (κ3) is 2.98. The molecular weight excluding hydrogens is 176 g/mol. The van der Waals surface area contributed by atoms with E-state index < -0.39 is 0 Å². The van der Waals surface area contributed by atoms with E-state index in [9.17, 15) is 4.79 Å². The van der Waals surface area contributed by atoms with Crippen molar-refractivity contribution in [1.29, 1.82) is 0 Å². The monoisotopic (exact) mass is 194 g/mol. The van der Waals surface area contributed by atoms with Crippen LogP contribution in [0.2, 0.25) is 0 Å². The fourth-order valence-electron chi connectivity index (χ4n) is 1.23. The second kappa shape index (κ2) is 3.95. The first-order chi connectivity index (χ1) is 6.39. The van der Waals surface area contributed by atoms with Crippen LogP contribution < -0.4 is 0 Å². The lowest BCUT2D eigenvalue weighted by Gasteiger charge is -2.15. The van der Waals surface area contributed by atoms with Gasteiger partial charge in [0.1, 0.15) is 5.78 Å². The van der Waals surface area contributed by atoms with E-state index in [1.807, 2.05) is 40.2 Å². The number of aryl methyl sites for hydroxylation is 2. The molecule has 0 amide bonds. The number of carbonyl (C=O) groups is 1. The van der Waals surface area contributed by atoms with Gasteiger partial charge in [-0.1, -0.05) is 20.8 Å². The van der Waals surface area contributed by atoms with Crippen LogP contribution in [0.3, 0.4) is 0 Å². The maximum absolute atomic E-state index is 11.6. The van der Waals surface area contributed by atoms with Crippen LogP contribution in [-0.4, -0.2) is 15.6 Å². The summed E-state index contributed by atoms with van der Waals surface area (Å²) in [6, 6.07) is 0. The zero-order chi connectivity index (χ0) is 10.8. The summed E-state index contributed by atoms with van der Waals surface area (Å²) < 4.78 is 1.76. The van der Waals surface area contributed by atoms with E-state index in [1.165, 1.54) is 0 Å². The quantitative estimate of drug-likeness (QED) is 0.737. The van der Waals surface area contributed by atoms with Gasteiger partial charge in [0.2, 0.25) is 0 Å². The third-order valence-corrected chi connectivity index (χ3v) is 2.24. The van der Waals surface area contributed by atoms with Crippen LogP contribution in [-0.2, 0) is 18.3 Å². The van der Waals surface area contributed by atoms with Gasteiger partial charge in [0.05, 0.1) is 6.20 Å². The molecule has 1 heterocycles. The molecule has 0 saturated carbocycles. The Kier molecular flexibility index (Phi) is 3.09. The van der Waals surface area contributed by atoms with Crippen LogP contribution in [0.5, 0.6) is 0 Å². The molecule has 3 nitrogen and oxygen atoms in total. The summed E-state index contributed by atoms with van der Waals surface area (Å²) in [6.07, 6.45) is 5.17. The zero-order valence-corrected chi connectivity index (χ0v) is 9.37. The van der Waals surface area contributed by atoms with E-state index in [4.69, 9.17) is 0 Å². The highest BCUT2D eigenvalue weighted by Gasteiger charge is 2.20. The summed E-state index contributed by atoms with van der Waals surface area (Å²) in [5, 5.41) is 4.06. The Morgan fingerprint density at radius 1 is 1.50 bits per heavy atom. The SMILES string of the molecule is Cn1cc(CCC(=O)C(C)(C)C)cn1. The average Bonchev–Trinajstić information content (AvgIpc) is 2.45. The van der Waals surface area contributed by atoms with Gasteiger partial charge in [-0.25, -0.2) is 0 Å². The number of Topliss-reactive ketones (excluding diaryl/α,β-unsaturated/α-hetero) is 1. The van der Waals surface area contributed by atoms with Gasteiger partial charge in [0, 0.05) is 25.1 Å².